The van der Waals surface area contributed by atoms with Crippen LogP contribution in [0.3, 0.4) is 0 Å². The van der Waals surface area contributed by atoms with Gasteiger partial charge in [0.15, 0.2) is 0 Å². The van der Waals surface area contributed by atoms with Gasteiger partial charge in [0.05, 0.1) is 6.61 Å². The van der Waals surface area contributed by atoms with Crippen LogP contribution in [-0.2, 0) is 20.7 Å². The van der Waals surface area contributed by atoms with Gasteiger partial charge < -0.3 is 10.1 Å². The molecule has 0 aliphatic carbocycles. The number of benzene rings is 2. The van der Waals surface area contributed by atoms with Gasteiger partial charge in [-0.15, -0.1) is 0 Å². The quantitative estimate of drug-likeness (QED) is 0.684. The van der Waals surface area contributed by atoms with Crippen molar-refractivity contribution in [1.29, 1.82) is 0 Å². The van der Waals surface area contributed by atoms with Gasteiger partial charge in [-0.05, 0) is 35.1 Å². The summed E-state index contributed by atoms with van der Waals surface area (Å²) in [4.78, 5) is 24.8. The summed E-state index contributed by atoms with van der Waals surface area (Å²) in [6.07, 6.45) is 2.41. The standard InChI is InChI=1S/C22H29NO3/c1-4-14-26-22(25)20(23-21(24)13-12-16(2)3)15-18-10-7-9-17-8-5-6-11-19(17)18/h5-11,16,20H,4,12-15H2,1-3H3,(H,23,24)/t20-/m0/s1. The van der Waals surface area contributed by atoms with Crippen molar-refractivity contribution in [1.82, 2.24) is 5.32 Å². The minimum atomic E-state index is -0.660. The number of carbonyl (C=O) groups is 2. The van der Waals surface area contributed by atoms with Gasteiger partial charge in [-0.1, -0.05) is 63.2 Å². The van der Waals surface area contributed by atoms with E-state index >= 15 is 0 Å². The molecule has 4 heteroatoms. The van der Waals surface area contributed by atoms with Crippen molar-refractivity contribution in [2.24, 2.45) is 5.92 Å². The first-order valence-corrected chi connectivity index (χ1v) is 9.44. The molecule has 140 valence electrons. The number of nitrogens with one attached hydrogen (secondary N) is 1. The maximum absolute atomic E-state index is 12.5. The molecule has 0 aromatic heterocycles. The van der Waals surface area contributed by atoms with E-state index in [0.717, 1.165) is 29.2 Å². The number of esters is 1. The molecule has 0 radical (unpaired) electrons. The van der Waals surface area contributed by atoms with E-state index in [0.29, 0.717) is 25.4 Å². The monoisotopic (exact) mass is 355 g/mol. The predicted molar refractivity (Wildman–Crippen MR) is 105 cm³/mol. The van der Waals surface area contributed by atoms with Gasteiger partial charge in [0.1, 0.15) is 6.04 Å². The predicted octanol–water partition coefficient (Wildman–Crippen LogP) is 4.26. The Hall–Kier alpha value is -2.36. The van der Waals surface area contributed by atoms with Crippen LogP contribution in [0.1, 0.15) is 45.6 Å². The average molecular weight is 355 g/mol. The van der Waals surface area contributed by atoms with Crippen LogP contribution in [0.5, 0.6) is 0 Å². The molecule has 1 atom stereocenters. The van der Waals surface area contributed by atoms with E-state index < -0.39 is 6.04 Å². The fourth-order valence-corrected chi connectivity index (χ4v) is 2.87. The lowest BCUT2D eigenvalue weighted by Crippen LogP contribution is -2.43. The summed E-state index contributed by atoms with van der Waals surface area (Å²) in [5.74, 6) is -0.0145. The van der Waals surface area contributed by atoms with Crippen molar-refractivity contribution in [3.8, 4) is 0 Å². The molecule has 0 aliphatic rings. The largest absolute Gasteiger partial charge is 0.464 e. The van der Waals surface area contributed by atoms with Crippen molar-refractivity contribution < 1.29 is 14.3 Å². The molecule has 1 N–H and O–H groups in total. The Labute approximate surface area is 155 Å². The molecule has 0 unspecified atom stereocenters. The van der Waals surface area contributed by atoms with Gasteiger partial charge in [-0.3, -0.25) is 4.79 Å². The molecule has 0 spiro atoms. The van der Waals surface area contributed by atoms with Crippen LogP contribution in [0.4, 0.5) is 0 Å². The second-order valence-electron chi connectivity index (χ2n) is 7.06. The van der Waals surface area contributed by atoms with E-state index in [9.17, 15) is 9.59 Å². The van der Waals surface area contributed by atoms with Crippen molar-refractivity contribution in [2.75, 3.05) is 6.61 Å². The highest BCUT2D eigenvalue weighted by Gasteiger charge is 2.23. The Balaban J connectivity index is 2.17. The zero-order chi connectivity index (χ0) is 18.9. The van der Waals surface area contributed by atoms with E-state index in [1.54, 1.807) is 0 Å². The van der Waals surface area contributed by atoms with Crippen molar-refractivity contribution in [3.63, 3.8) is 0 Å². The molecule has 0 aliphatic heterocycles. The molecule has 2 rings (SSSR count). The first-order valence-electron chi connectivity index (χ1n) is 9.44. The lowest BCUT2D eigenvalue weighted by molar-refractivity contribution is -0.147. The van der Waals surface area contributed by atoms with E-state index in [1.807, 2.05) is 49.4 Å². The second-order valence-corrected chi connectivity index (χ2v) is 7.06. The fourth-order valence-electron chi connectivity index (χ4n) is 2.87. The minimum absolute atomic E-state index is 0.0996. The molecule has 2 aromatic carbocycles. The van der Waals surface area contributed by atoms with Crippen LogP contribution in [0.15, 0.2) is 42.5 Å². The van der Waals surface area contributed by atoms with Gasteiger partial charge >= 0.3 is 5.97 Å². The van der Waals surface area contributed by atoms with Crippen molar-refractivity contribution in [3.05, 3.63) is 48.0 Å². The smallest absolute Gasteiger partial charge is 0.328 e. The molecule has 0 saturated heterocycles. The van der Waals surface area contributed by atoms with Gasteiger partial charge in [0.25, 0.3) is 0 Å². The third kappa shape index (κ3) is 5.87. The summed E-state index contributed by atoms with van der Waals surface area (Å²) < 4.78 is 5.31. The van der Waals surface area contributed by atoms with Crippen LogP contribution < -0.4 is 5.32 Å². The van der Waals surface area contributed by atoms with Crippen LogP contribution in [0.25, 0.3) is 10.8 Å². The molecule has 26 heavy (non-hydrogen) atoms. The van der Waals surface area contributed by atoms with E-state index in [-0.39, 0.29) is 11.9 Å². The number of fused-ring (bicyclic) bond motifs is 1. The number of amides is 1. The maximum Gasteiger partial charge on any atom is 0.328 e. The Morgan fingerprint density at radius 1 is 1.08 bits per heavy atom. The lowest BCUT2D eigenvalue weighted by atomic mass is 9.98. The van der Waals surface area contributed by atoms with E-state index in [2.05, 4.69) is 19.2 Å². The highest BCUT2D eigenvalue weighted by atomic mass is 16.5. The highest BCUT2D eigenvalue weighted by Crippen LogP contribution is 2.20. The fraction of sp³-hybridized carbons (Fsp3) is 0.455. The molecule has 1 amide bonds. The molecule has 0 heterocycles. The molecular formula is C22H29NO3. The maximum atomic E-state index is 12.5. The topological polar surface area (TPSA) is 55.4 Å². The summed E-state index contributed by atoms with van der Waals surface area (Å²) in [5.41, 5.74) is 1.03. The number of ether oxygens (including phenoxy) is 1. The Kier molecular flexibility index (Phi) is 7.64. The zero-order valence-corrected chi connectivity index (χ0v) is 16.0. The van der Waals surface area contributed by atoms with Crippen LogP contribution in [0, 0.1) is 5.92 Å². The average Bonchev–Trinajstić information content (AvgIpc) is 2.64. The van der Waals surface area contributed by atoms with E-state index in [1.165, 1.54) is 0 Å². The summed E-state index contributed by atoms with van der Waals surface area (Å²) in [7, 11) is 0. The number of hydrogen-bond donors (Lipinski definition) is 1. The number of rotatable bonds is 9. The summed E-state index contributed by atoms with van der Waals surface area (Å²) >= 11 is 0. The second kappa shape index (κ2) is 9.95. The van der Waals surface area contributed by atoms with Crippen LogP contribution >= 0.6 is 0 Å². The molecular weight excluding hydrogens is 326 g/mol. The summed E-state index contributed by atoms with van der Waals surface area (Å²) in [6, 6.07) is 13.4. The third-order valence-electron chi connectivity index (χ3n) is 4.32. The first-order chi connectivity index (χ1) is 12.5. The lowest BCUT2D eigenvalue weighted by Gasteiger charge is -2.19. The SMILES string of the molecule is CCCOC(=O)[C@H](Cc1cccc2ccccc12)NC(=O)CCC(C)C. The Bertz CT molecular complexity index is 734. The molecule has 4 nitrogen and oxygen atoms in total. The van der Waals surface area contributed by atoms with Gasteiger partial charge in [0, 0.05) is 12.8 Å². The Morgan fingerprint density at radius 3 is 2.54 bits per heavy atom. The summed E-state index contributed by atoms with van der Waals surface area (Å²) in [5, 5.41) is 5.10. The summed E-state index contributed by atoms with van der Waals surface area (Å²) in [6.45, 7) is 6.48. The Morgan fingerprint density at radius 2 is 1.81 bits per heavy atom. The normalized spacial score (nSPS) is 12.2. The van der Waals surface area contributed by atoms with Crippen LogP contribution in [0.2, 0.25) is 0 Å². The first kappa shape index (κ1) is 20.0. The van der Waals surface area contributed by atoms with E-state index in [4.69, 9.17) is 4.74 Å². The zero-order valence-electron chi connectivity index (χ0n) is 16.0. The molecule has 0 fully saturated rings. The van der Waals surface area contributed by atoms with Crippen molar-refractivity contribution in [2.45, 2.75) is 52.5 Å². The molecule has 0 saturated carbocycles. The number of hydrogen-bond acceptors (Lipinski definition) is 3. The van der Waals surface area contributed by atoms with Gasteiger partial charge in [-0.2, -0.15) is 0 Å². The van der Waals surface area contributed by atoms with Crippen LogP contribution in [-0.4, -0.2) is 24.5 Å². The third-order valence-corrected chi connectivity index (χ3v) is 4.32. The van der Waals surface area contributed by atoms with Gasteiger partial charge in [0.2, 0.25) is 5.91 Å². The minimum Gasteiger partial charge on any atom is -0.464 e. The van der Waals surface area contributed by atoms with Crippen molar-refractivity contribution >= 4 is 22.6 Å². The number of carbonyl (C=O) groups excluding carboxylic acids is 2. The van der Waals surface area contributed by atoms with Gasteiger partial charge in [-0.25, -0.2) is 4.79 Å². The highest BCUT2D eigenvalue weighted by molar-refractivity contribution is 5.88. The molecule has 2 aromatic rings. The molecule has 0 bridgehead atoms.